The minimum atomic E-state index is -0.419. The topological polar surface area (TPSA) is 72.7 Å². The van der Waals surface area contributed by atoms with E-state index in [2.05, 4.69) is 43.0 Å². The summed E-state index contributed by atoms with van der Waals surface area (Å²) >= 11 is 0. The largest absolute Gasteiger partial charge is 0.372 e. The van der Waals surface area contributed by atoms with Gasteiger partial charge < -0.3 is 9.64 Å². The predicted molar refractivity (Wildman–Crippen MR) is 129 cm³/mol. The van der Waals surface area contributed by atoms with Crippen molar-refractivity contribution < 1.29 is 14.5 Å². The van der Waals surface area contributed by atoms with Crippen molar-refractivity contribution in [3.8, 4) is 0 Å². The summed E-state index contributed by atoms with van der Waals surface area (Å²) < 4.78 is 6.27. The van der Waals surface area contributed by atoms with E-state index in [1.165, 1.54) is 17.8 Å². The van der Waals surface area contributed by atoms with Gasteiger partial charge >= 0.3 is 0 Å². The number of hydrogen-bond acceptors (Lipinski definition) is 5. The maximum atomic E-state index is 13.2. The number of carbonyl (C=O) groups is 1. The molecule has 2 unspecified atom stereocenters. The van der Waals surface area contributed by atoms with Crippen molar-refractivity contribution in [1.82, 2.24) is 0 Å². The van der Waals surface area contributed by atoms with Crippen molar-refractivity contribution in [2.45, 2.75) is 33.0 Å². The highest BCUT2D eigenvalue weighted by atomic mass is 16.6. The maximum absolute atomic E-state index is 13.2. The molecule has 0 saturated heterocycles. The first-order valence-electron chi connectivity index (χ1n) is 11.3. The second kappa shape index (κ2) is 9.96. The normalized spacial score (nSPS) is 17.1. The van der Waals surface area contributed by atoms with Crippen molar-refractivity contribution in [3.63, 3.8) is 0 Å². The lowest BCUT2D eigenvalue weighted by atomic mass is 9.93. The smallest absolute Gasteiger partial charge is 0.269 e. The summed E-state index contributed by atoms with van der Waals surface area (Å²) in [7, 11) is 0. The summed E-state index contributed by atoms with van der Waals surface area (Å²) in [5.41, 5.74) is 4.79. The highest BCUT2D eigenvalue weighted by Crippen LogP contribution is 2.41. The number of ether oxygens (including phenoxy) is 1. The molecule has 4 rings (SSSR count). The number of Topliss-reactive ketones (excluding diaryl/α,β-unsaturated/α-hetero) is 1. The van der Waals surface area contributed by atoms with E-state index in [1.807, 2.05) is 24.3 Å². The fourth-order valence-corrected chi connectivity index (χ4v) is 4.51. The van der Waals surface area contributed by atoms with Gasteiger partial charge in [-0.3, -0.25) is 14.9 Å². The second-order valence-electron chi connectivity index (χ2n) is 8.26. The molecule has 0 radical (unpaired) electrons. The van der Waals surface area contributed by atoms with Crippen LogP contribution in [0.1, 0.15) is 47.0 Å². The molecule has 1 aliphatic rings. The Morgan fingerprint density at radius 1 is 0.909 bits per heavy atom. The molecule has 2 atom stereocenters. The molecule has 6 heteroatoms. The van der Waals surface area contributed by atoms with E-state index < -0.39 is 4.92 Å². The van der Waals surface area contributed by atoms with Crippen LogP contribution >= 0.6 is 0 Å². The van der Waals surface area contributed by atoms with Crippen LogP contribution in [0.15, 0.2) is 72.8 Å². The Kier molecular flexibility index (Phi) is 6.84. The minimum absolute atomic E-state index is 0.0474. The van der Waals surface area contributed by atoms with Crippen molar-refractivity contribution >= 4 is 17.2 Å². The molecule has 0 fully saturated rings. The van der Waals surface area contributed by atoms with Crippen LogP contribution in [0.4, 0.5) is 11.4 Å². The summed E-state index contributed by atoms with van der Waals surface area (Å²) in [4.78, 5) is 26.0. The molecule has 0 bridgehead atoms. The standard InChI is InChI=1S/C27H28N2O4/c1-3-28(4-2)21-13-9-19(10-14-21)17-25-26(30)23-7-5-6-8-24(23)27(25)33-18-20-11-15-22(16-12-20)29(31)32/h5-16,25,27H,3-4,17-18H2,1-2H3. The molecular weight excluding hydrogens is 416 g/mol. The molecule has 33 heavy (non-hydrogen) atoms. The van der Waals surface area contributed by atoms with Gasteiger partial charge in [0.25, 0.3) is 5.69 Å². The number of ketones is 1. The van der Waals surface area contributed by atoms with E-state index in [-0.39, 0.29) is 30.1 Å². The monoisotopic (exact) mass is 444 g/mol. The molecule has 0 aromatic heterocycles. The van der Waals surface area contributed by atoms with Gasteiger partial charge in [-0.25, -0.2) is 0 Å². The number of carbonyl (C=O) groups excluding carboxylic acids is 1. The lowest BCUT2D eigenvalue weighted by molar-refractivity contribution is -0.384. The first-order chi connectivity index (χ1) is 16.0. The Bertz CT molecular complexity index is 1120. The van der Waals surface area contributed by atoms with Gasteiger partial charge in [-0.15, -0.1) is 0 Å². The van der Waals surface area contributed by atoms with Gasteiger partial charge in [0.05, 0.1) is 23.6 Å². The highest BCUT2D eigenvalue weighted by Gasteiger charge is 2.40. The summed E-state index contributed by atoms with van der Waals surface area (Å²) in [5.74, 6) is -0.202. The van der Waals surface area contributed by atoms with E-state index in [0.717, 1.165) is 35.3 Å². The molecule has 0 amide bonds. The molecule has 0 saturated carbocycles. The summed E-state index contributed by atoms with van der Waals surface area (Å²) in [6.45, 7) is 6.45. The van der Waals surface area contributed by atoms with Crippen LogP contribution in [0.25, 0.3) is 0 Å². The fourth-order valence-electron chi connectivity index (χ4n) is 4.51. The Labute approximate surface area is 194 Å². The van der Waals surface area contributed by atoms with Gasteiger partial charge in [0.2, 0.25) is 0 Å². The number of nitrogens with zero attached hydrogens (tertiary/aromatic N) is 2. The minimum Gasteiger partial charge on any atom is -0.372 e. The van der Waals surface area contributed by atoms with Gasteiger partial charge in [-0.1, -0.05) is 36.4 Å². The van der Waals surface area contributed by atoms with E-state index in [0.29, 0.717) is 6.42 Å². The summed E-state index contributed by atoms with van der Waals surface area (Å²) in [6, 6.07) is 22.4. The molecule has 0 heterocycles. The van der Waals surface area contributed by atoms with Crippen LogP contribution in [-0.4, -0.2) is 23.8 Å². The average molecular weight is 445 g/mol. The molecule has 3 aromatic rings. The lowest BCUT2D eigenvalue weighted by Crippen LogP contribution is -2.22. The Morgan fingerprint density at radius 3 is 2.18 bits per heavy atom. The third-order valence-corrected chi connectivity index (χ3v) is 6.33. The molecule has 6 nitrogen and oxygen atoms in total. The van der Waals surface area contributed by atoms with Gasteiger partial charge in [0.15, 0.2) is 5.78 Å². The van der Waals surface area contributed by atoms with Crippen LogP contribution < -0.4 is 4.90 Å². The molecule has 0 spiro atoms. The van der Waals surface area contributed by atoms with E-state index >= 15 is 0 Å². The van der Waals surface area contributed by atoms with Crippen LogP contribution in [0.2, 0.25) is 0 Å². The molecule has 1 aliphatic carbocycles. The Balaban J connectivity index is 1.53. The van der Waals surface area contributed by atoms with Crippen LogP contribution in [0.5, 0.6) is 0 Å². The predicted octanol–water partition coefficient (Wildman–Crippen LogP) is 5.75. The maximum Gasteiger partial charge on any atom is 0.269 e. The van der Waals surface area contributed by atoms with Crippen molar-refractivity contribution in [2.24, 2.45) is 5.92 Å². The Hall–Kier alpha value is -3.51. The zero-order valence-corrected chi connectivity index (χ0v) is 18.9. The Morgan fingerprint density at radius 2 is 1.55 bits per heavy atom. The molecule has 0 aliphatic heterocycles. The SMILES string of the molecule is CCN(CC)c1ccc(CC2C(=O)c3ccccc3C2OCc2ccc([N+](=O)[O-])cc2)cc1. The second-order valence-corrected chi connectivity index (χ2v) is 8.26. The van der Waals surface area contributed by atoms with Crippen LogP contribution in [-0.2, 0) is 17.8 Å². The van der Waals surface area contributed by atoms with Gasteiger partial charge in [-0.2, -0.15) is 0 Å². The lowest BCUT2D eigenvalue weighted by Gasteiger charge is -2.22. The van der Waals surface area contributed by atoms with E-state index in [1.54, 1.807) is 12.1 Å². The zero-order chi connectivity index (χ0) is 23.4. The quantitative estimate of drug-likeness (QED) is 0.310. The zero-order valence-electron chi connectivity index (χ0n) is 18.9. The summed E-state index contributed by atoms with van der Waals surface area (Å²) in [5, 5.41) is 10.9. The number of non-ortho nitro benzene ring substituents is 1. The summed E-state index contributed by atoms with van der Waals surface area (Å²) in [6.07, 6.45) is 0.239. The van der Waals surface area contributed by atoms with E-state index in [4.69, 9.17) is 4.74 Å². The fraction of sp³-hybridized carbons (Fsp3) is 0.296. The van der Waals surface area contributed by atoms with Gasteiger partial charge in [-0.05, 0) is 61.2 Å². The molecule has 3 aromatic carbocycles. The van der Waals surface area contributed by atoms with E-state index in [9.17, 15) is 14.9 Å². The van der Waals surface area contributed by atoms with Gasteiger partial charge in [0.1, 0.15) is 0 Å². The average Bonchev–Trinajstić information content (AvgIpc) is 3.10. The van der Waals surface area contributed by atoms with Crippen LogP contribution in [0, 0.1) is 16.0 Å². The first kappa shape index (κ1) is 22.7. The number of benzene rings is 3. The number of anilines is 1. The van der Waals surface area contributed by atoms with Gasteiger partial charge in [0, 0.05) is 36.5 Å². The number of nitro groups is 1. The first-order valence-corrected chi connectivity index (χ1v) is 11.3. The third-order valence-electron chi connectivity index (χ3n) is 6.33. The molecule has 0 N–H and O–H groups in total. The third kappa shape index (κ3) is 4.81. The van der Waals surface area contributed by atoms with Crippen molar-refractivity contribution in [3.05, 3.63) is 105 Å². The van der Waals surface area contributed by atoms with Crippen LogP contribution in [0.3, 0.4) is 0 Å². The van der Waals surface area contributed by atoms with Crippen molar-refractivity contribution in [1.29, 1.82) is 0 Å². The molecular formula is C27H28N2O4. The number of nitro benzene ring substituents is 1. The molecule has 170 valence electrons. The number of hydrogen-bond donors (Lipinski definition) is 0. The number of rotatable bonds is 9. The highest BCUT2D eigenvalue weighted by molar-refractivity contribution is 6.03. The number of fused-ring (bicyclic) bond motifs is 1. The van der Waals surface area contributed by atoms with Crippen molar-refractivity contribution in [2.75, 3.05) is 18.0 Å².